The molecule has 1 aromatic carbocycles. The fourth-order valence-electron chi connectivity index (χ4n) is 3.08. The van der Waals surface area contributed by atoms with Crippen molar-refractivity contribution in [3.63, 3.8) is 0 Å². The number of pyridine rings is 1. The topological polar surface area (TPSA) is 111 Å². The average molecular weight is 396 g/mol. The molecule has 1 aromatic heterocycles. The van der Waals surface area contributed by atoms with Crippen LogP contribution in [0.4, 0.5) is 10.2 Å². The number of nitrogens with zero attached hydrogens (tertiary/aromatic N) is 2. The second-order valence-electron chi connectivity index (χ2n) is 6.76. The number of likely N-dealkylation sites (tertiary alicyclic amines) is 1. The number of rotatable bonds is 8. The van der Waals surface area contributed by atoms with Gasteiger partial charge < -0.3 is 26.1 Å². The van der Waals surface area contributed by atoms with Crippen molar-refractivity contribution in [2.24, 2.45) is 0 Å². The van der Waals surface area contributed by atoms with Crippen molar-refractivity contribution < 1.29 is 9.13 Å². The lowest BCUT2D eigenvalue weighted by Gasteiger charge is -2.20. The minimum Gasteiger partial charge on any atom is -0.383 e. The quantitative estimate of drug-likeness (QED) is 0.237. The van der Waals surface area contributed by atoms with Gasteiger partial charge in [-0.3, -0.25) is 5.41 Å². The van der Waals surface area contributed by atoms with Crippen LogP contribution in [0.25, 0.3) is 5.57 Å². The van der Waals surface area contributed by atoms with Gasteiger partial charge in [0.1, 0.15) is 24.6 Å². The maximum Gasteiger partial charge on any atom is 0.134 e. The van der Waals surface area contributed by atoms with Crippen LogP contribution >= 0.6 is 0 Å². The van der Waals surface area contributed by atoms with Crippen molar-refractivity contribution in [1.29, 1.82) is 10.8 Å². The molecule has 0 amide bonds. The molecule has 2 heterocycles. The molecule has 1 atom stereocenters. The molecule has 1 unspecified atom stereocenters. The molecule has 0 bridgehead atoms. The number of hydrogen-bond donors (Lipinski definition) is 4. The molecule has 7 nitrogen and oxygen atoms in total. The summed E-state index contributed by atoms with van der Waals surface area (Å²) >= 11 is 0. The number of benzene rings is 1. The zero-order chi connectivity index (χ0) is 20.6. The van der Waals surface area contributed by atoms with Gasteiger partial charge in [-0.15, -0.1) is 0 Å². The molecule has 3 rings (SSSR count). The molecule has 1 aliphatic heterocycles. The molecule has 1 saturated heterocycles. The van der Waals surface area contributed by atoms with Crippen LogP contribution in [-0.4, -0.2) is 47.9 Å². The van der Waals surface area contributed by atoms with Crippen LogP contribution in [0.1, 0.15) is 23.1 Å². The zero-order valence-electron chi connectivity index (χ0n) is 16.1. The van der Waals surface area contributed by atoms with Crippen LogP contribution in [-0.2, 0) is 11.3 Å². The molecule has 1 aliphatic rings. The van der Waals surface area contributed by atoms with Gasteiger partial charge in [-0.25, -0.2) is 9.37 Å². The minimum atomic E-state index is -0.926. The third-order valence-corrected chi connectivity index (χ3v) is 4.66. The van der Waals surface area contributed by atoms with Crippen molar-refractivity contribution in [2.75, 3.05) is 25.6 Å². The molecular weight excluding hydrogens is 371 g/mol. The Morgan fingerprint density at radius 3 is 2.86 bits per heavy atom. The van der Waals surface area contributed by atoms with E-state index in [9.17, 15) is 4.39 Å². The van der Waals surface area contributed by atoms with Crippen LogP contribution in [0.15, 0.2) is 48.8 Å². The Labute approximate surface area is 169 Å². The monoisotopic (exact) mass is 396 g/mol. The molecule has 152 valence electrons. The number of hydrogen-bond acceptors (Lipinski definition) is 6. The highest BCUT2D eigenvalue weighted by molar-refractivity contribution is 6.09. The fraction of sp³-hybridized carbons (Fsp3) is 0.286. The van der Waals surface area contributed by atoms with Crippen LogP contribution < -0.4 is 11.1 Å². The number of ether oxygens (including phenoxy) is 1. The first-order chi connectivity index (χ1) is 14.1. The van der Waals surface area contributed by atoms with Crippen LogP contribution in [0.2, 0.25) is 0 Å². The Bertz CT molecular complexity index is 886. The van der Waals surface area contributed by atoms with Crippen LogP contribution in [0.5, 0.6) is 0 Å². The first-order valence-electron chi connectivity index (χ1n) is 9.38. The SMILES string of the molecule is N=C/C(=C\NCOCc1ccccc1)c1cnc(N)c(C(=N)N2CCC(F)C2)c1. The summed E-state index contributed by atoms with van der Waals surface area (Å²) < 4.78 is 19.0. The van der Waals surface area contributed by atoms with E-state index < -0.39 is 6.17 Å². The number of nitrogens with two attached hydrogens (primary N) is 1. The first-order valence-corrected chi connectivity index (χ1v) is 9.38. The van der Waals surface area contributed by atoms with Gasteiger partial charge >= 0.3 is 0 Å². The molecule has 5 N–H and O–H groups in total. The lowest BCUT2D eigenvalue weighted by Crippen LogP contribution is -2.30. The molecular formula is C21H25FN6O. The average Bonchev–Trinajstić information content (AvgIpc) is 3.18. The number of halogens is 1. The molecule has 29 heavy (non-hydrogen) atoms. The summed E-state index contributed by atoms with van der Waals surface area (Å²) in [5, 5.41) is 19.1. The zero-order valence-corrected chi connectivity index (χ0v) is 16.1. The smallest absolute Gasteiger partial charge is 0.134 e. The number of amidine groups is 1. The highest BCUT2D eigenvalue weighted by Gasteiger charge is 2.25. The van der Waals surface area contributed by atoms with Gasteiger partial charge in [0.05, 0.1) is 18.7 Å². The molecule has 0 aliphatic carbocycles. The van der Waals surface area contributed by atoms with Crippen molar-refractivity contribution in [3.8, 4) is 0 Å². The second-order valence-corrected chi connectivity index (χ2v) is 6.76. The van der Waals surface area contributed by atoms with Gasteiger partial charge in [0.2, 0.25) is 0 Å². The lowest BCUT2D eigenvalue weighted by molar-refractivity contribution is 0.112. The Morgan fingerprint density at radius 2 is 2.17 bits per heavy atom. The van der Waals surface area contributed by atoms with Crippen LogP contribution in [0, 0.1) is 10.8 Å². The predicted octanol–water partition coefficient (Wildman–Crippen LogP) is 2.79. The van der Waals surface area contributed by atoms with E-state index in [1.165, 1.54) is 6.21 Å². The molecule has 1 fully saturated rings. The first kappa shape index (κ1) is 20.5. The van der Waals surface area contributed by atoms with Gasteiger partial charge in [-0.1, -0.05) is 30.3 Å². The van der Waals surface area contributed by atoms with Crippen molar-refractivity contribution >= 4 is 23.4 Å². The molecule has 0 saturated carbocycles. The predicted molar refractivity (Wildman–Crippen MR) is 113 cm³/mol. The molecule has 8 heteroatoms. The summed E-state index contributed by atoms with van der Waals surface area (Å²) in [6.07, 6.45) is 3.89. The Morgan fingerprint density at radius 1 is 1.38 bits per heavy atom. The number of anilines is 1. The summed E-state index contributed by atoms with van der Waals surface area (Å²) in [7, 11) is 0. The summed E-state index contributed by atoms with van der Waals surface area (Å²) in [5.41, 5.74) is 8.67. The van der Waals surface area contributed by atoms with Gasteiger partial charge in [0, 0.05) is 36.3 Å². The minimum absolute atomic E-state index is 0.153. The lowest BCUT2D eigenvalue weighted by atomic mass is 10.1. The standard InChI is InChI=1S/C21H25FN6O/c22-18-6-7-28(12-18)21(25)19-8-16(11-27-20(19)24)17(9-23)10-26-14-29-13-15-4-2-1-3-5-15/h1-5,8-11,18,23,25-26H,6-7,12-14H2,(H2,24,27)/b17-10+,23-9?,25-21?. The number of alkyl halides is 1. The highest BCUT2D eigenvalue weighted by atomic mass is 19.1. The van der Waals surface area contributed by atoms with E-state index in [0.29, 0.717) is 36.3 Å². The normalized spacial score (nSPS) is 16.7. The van der Waals surface area contributed by atoms with E-state index in [2.05, 4.69) is 10.3 Å². The highest BCUT2D eigenvalue weighted by Crippen LogP contribution is 2.21. The van der Waals surface area contributed by atoms with Gasteiger partial charge in [0.15, 0.2) is 0 Å². The fourth-order valence-corrected chi connectivity index (χ4v) is 3.08. The van der Waals surface area contributed by atoms with Gasteiger partial charge in [-0.05, 0) is 18.1 Å². The van der Waals surface area contributed by atoms with E-state index in [0.717, 1.165) is 5.56 Å². The maximum absolute atomic E-state index is 13.5. The van der Waals surface area contributed by atoms with E-state index in [1.54, 1.807) is 23.4 Å². The van der Waals surface area contributed by atoms with Gasteiger partial charge in [0.25, 0.3) is 0 Å². The molecule has 2 aromatic rings. The third kappa shape index (κ3) is 5.39. The Kier molecular flexibility index (Phi) is 6.91. The number of nitrogens with one attached hydrogen (secondary N) is 3. The largest absolute Gasteiger partial charge is 0.383 e. The van der Waals surface area contributed by atoms with E-state index in [1.807, 2.05) is 30.3 Å². The Balaban J connectivity index is 1.63. The van der Waals surface area contributed by atoms with Crippen molar-refractivity contribution in [2.45, 2.75) is 19.2 Å². The summed E-state index contributed by atoms with van der Waals surface area (Å²) in [4.78, 5) is 5.81. The number of nitrogen functional groups attached to an aromatic ring is 1. The van der Waals surface area contributed by atoms with E-state index in [-0.39, 0.29) is 24.9 Å². The third-order valence-electron chi connectivity index (χ3n) is 4.66. The molecule has 0 radical (unpaired) electrons. The summed E-state index contributed by atoms with van der Waals surface area (Å²) in [6, 6.07) is 11.5. The summed E-state index contributed by atoms with van der Waals surface area (Å²) in [5.74, 6) is 0.366. The number of allylic oxidation sites excluding steroid dienone is 1. The second kappa shape index (κ2) is 9.79. The summed E-state index contributed by atoms with van der Waals surface area (Å²) in [6.45, 7) is 1.44. The molecule has 0 spiro atoms. The van der Waals surface area contributed by atoms with Gasteiger partial charge in [-0.2, -0.15) is 0 Å². The Hall–Kier alpha value is -3.26. The van der Waals surface area contributed by atoms with Crippen molar-refractivity contribution in [3.05, 3.63) is 65.5 Å². The van der Waals surface area contributed by atoms with Crippen LogP contribution in [0.3, 0.4) is 0 Å². The van der Waals surface area contributed by atoms with E-state index >= 15 is 0 Å². The van der Waals surface area contributed by atoms with E-state index in [4.69, 9.17) is 21.3 Å². The van der Waals surface area contributed by atoms with Crippen molar-refractivity contribution in [1.82, 2.24) is 15.2 Å². The number of aromatic nitrogens is 1. The maximum atomic E-state index is 13.5.